The van der Waals surface area contributed by atoms with Crippen LogP contribution in [0.3, 0.4) is 0 Å². The van der Waals surface area contributed by atoms with E-state index in [2.05, 4.69) is 4.98 Å². The Kier molecular flexibility index (Phi) is 4.60. The molecule has 2 heterocycles. The van der Waals surface area contributed by atoms with Crippen LogP contribution in [0.25, 0.3) is 0 Å². The van der Waals surface area contributed by atoms with Crippen LogP contribution in [-0.4, -0.2) is 9.91 Å². The van der Waals surface area contributed by atoms with Crippen LogP contribution in [0.5, 0.6) is 17.4 Å². The van der Waals surface area contributed by atoms with Gasteiger partial charge >= 0.3 is 0 Å². The first-order valence-electron chi connectivity index (χ1n) is 8.53. The van der Waals surface area contributed by atoms with Crippen molar-refractivity contribution >= 4 is 5.69 Å². The van der Waals surface area contributed by atoms with E-state index >= 15 is 0 Å². The van der Waals surface area contributed by atoms with Crippen molar-refractivity contribution in [2.75, 3.05) is 0 Å². The zero-order valence-corrected chi connectivity index (χ0v) is 14.5. The lowest BCUT2D eigenvalue weighted by atomic mass is 9.97. The number of ether oxygens (including phenoxy) is 2. The fourth-order valence-corrected chi connectivity index (χ4v) is 3.08. The summed E-state index contributed by atoms with van der Waals surface area (Å²) < 4.78 is 39.0. The molecular formula is C20H14F2N2O4. The first-order chi connectivity index (χ1) is 13.5. The maximum Gasteiger partial charge on any atom is 0.287 e. The van der Waals surface area contributed by atoms with Gasteiger partial charge in [0.1, 0.15) is 23.8 Å². The van der Waals surface area contributed by atoms with Crippen LogP contribution >= 0.6 is 0 Å². The number of aromatic nitrogens is 1. The maximum atomic E-state index is 14.0. The number of fused-ring (bicyclic) bond motifs is 1. The molecule has 0 saturated carbocycles. The van der Waals surface area contributed by atoms with Gasteiger partial charge in [-0.2, -0.15) is 0 Å². The molecule has 2 aromatic carbocycles. The summed E-state index contributed by atoms with van der Waals surface area (Å²) >= 11 is 0. The van der Waals surface area contributed by atoms with Crippen LogP contribution in [0.15, 0.2) is 54.7 Å². The molecule has 3 aromatic rings. The Hall–Kier alpha value is -3.55. The Bertz CT molecular complexity index is 1040. The molecule has 6 nitrogen and oxygen atoms in total. The predicted molar refractivity (Wildman–Crippen MR) is 95.5 cm³/mol. The lowest BCUT2D eigenvalue weighted by Gasteiger charge is -2.27. The summed E-state index contributed by atoms with van der Waals surface area (Å²) in [5, 5.41) is 10.7. The Balaban J connectivity index is 1.51. The van der Waals surface area contributed by atoms with Crippen molar-refractivity contribution in [1.29, 1.82) is 0 Å². The molecule has 142 valence electrons. The van der Waals surface area contributed by atoms with E-state index in [4.69, 9.17) is 9.47 Å². The molecule has 1 atom stereocenters. The molecule has 0 N–H and O–H groups in total. The molecule has 0 amide bonds. The van der Waals surface area contributed by atoms with E-state index in [1.807, 2.05) is 0 Å². The second-order valence-corrected chi connectivity index (χ2v) is 6.27. The van der Waals surface area contributed by atoms with Gasteiger partial charge in [0.2, 0.25) is 5.88 Å². The van der Waals surface area contributed by atoms with Crippen molar-refractivity contribution in [3.63, 3.8) is 0 Å². The van der Waals surface area contributed by atoms with Crippen molar-refractivity contribution < 1.29 is 23.2 Å². The largest absolute Gasteiger partial charge is 0.485 e. The second-order valence-electron chi connectivity index (χ2n) is 6.27. The number of benzene rings is 2. The number of halogens is 2. The molecule has 1 aromatic heterocycles. The minimum Gasteiger partial charge on any atom is -0.485 e. The molecule has 0 fully saturated rings. The molecule has 0 radical (unpaired) electrons. The molecule has 0 saturated heterocycles. The summed E-state index contributed by atoms with van der Waals surface area (Å²) in [7, 11) is 0. The van der Waals surface area contributed by atoms with Crippen LogP contribution in [0.2, 0.25) is 0 Å². The summed E-state index contributed by atoms with van der Waals surface area (Å²) in [6.07, 6.45) is 1.65. The summed E-state index contributed by atoms with van der Waals surface area (Å²) in [6, 6.07) is 11.9. The third kappa shape index (κ3) is 3.48. The quantitative estimate of drug-likeness (QED) is 0.461. The Morgan fingerprint density at radius 2 is 2.04 bits per heavy atom. The van der Waals surface area contributed by atoms with Crippen LogP contribution in [0.4, 0.5) is 14.5 Å². The van der Waals surface area contributed by atoms with E-state index in [0.29, 0.717) is 24.3 Å². The maximum absolute atomic E-state index is 14.0. The number of hydrogen-bond acceptors (Lipinski definition) is 5. The molecule has 4 rings (SSSR count). The summed E-state index contributed by atoms with van der Waals surface area (Å²) in [6.45, 7) is 0. The minimum atomic E-state index is -0.897. The standard InChI is InChI=1S/C20H14F2N2O4/c21-16-3-1-2-15(20(16)22)18-7-4-12-10-14(6-8-17(12)28-18)27-19-9-5-13(11-23-19)24(25)26/h1-3,5-6,8-11,18H,4,7H2. The monoisotopic (exact) mass is 384 g/mol. The van der Waals surface area contributed by atoms with Crippen LogP contribution < -0.4 is 9.47 Å². The lowest BCUT2D eigenvalue weighted by Crippen LogP contribution is -2.17. The second kappa shape index (κ2) is 7.22. The smallest absolute Gasteiger partial charge is 0.287 e. The van der Waals surface area contributed by atoms with Crippen LogP contribution in [0, 0.1) is 21.7 Å². The van der Waals surface area contributed by atoms with Gasteiger partial charge < -0.3 is 9.47 Å². The highest BCUT2D eigenvalue weighted by atomic mass is 19.2. The Morgan fingerprint density at radius 1 is 1.18 bits per heavy atom. The first-order valence-corrected chi connectivity index (χ1v) is 8.53. The van der Waals surface area contributed by atoms with E-state index in [0.717, 1.165) is 17.8 Å². The summed E-state index contributed by atoms with van der Waals surface area (Å²) in [4.78, 5) is 14.0. The number of pyridine rings is 1. The van der Waals surface area contributed by atoms with Crippen LogP contribution in [-0.2, 0) is 6.42 Å². The molecule has 0 aliphatic carbocycles. The fraction of sp³-hybridized carbons (Fsp3) is 0.150. The normalized spacial score (nSPS) is 15.4. The highest BCUT2D eigenvalue weighted by molar-refractivity contribution is 5.44. The average Bonchev–Trinajstić information content (AvgIpc) is 2.70. The minimum absolute atomic E-state index is 0.123. The summed E-state index contributed by atoms with van der Waals surface area (Å²) in [5.74, 6) is -0.489. The van der Waals surface area contributed by atoms with E-state index in [1.165, 1.54) is 24.3 Å². The van der Waals surface area contributed by atoms with Gasteiger partial charge in [-0.1, -0.05) is 12.1 Å². The predicted octanol–water partition coefficient (Wildman–Crippen LogP) is 5.13. The van der Waals surface area contributed by atoms with E-state index in [9.17, 15) is 18.9 Å². The molecule has 0 bridgehead atoms. The van der Waals surface area contributed by atoms with Crippen molar-refractivity contribution in [3.8, 4) is 17.4 Å². The third-order valence-electron chi connectivity index (χ3n) is 4.46. The molecule has 0 spiro atoms. The highest BCUT2D eigenvalue weighted by Gasteiger charge is 2.25. The number of rotatable bonds is 4. The fourth-order valence-electron chi connectivity index (χ4n) is 3.08. The van der Waals surface area contributed by atoms with Crippen molar-refractivity contribution in [2.45, 2.75) is 18.9 Å². The zero-order chi connectivity index (χ0) is 19.7. The van der Waals surface area contributed by atoms with Gasteiger partial charge in [0, 0.05) is 17.7 Å². The van der Waals surface area contributed by atoms with E-state index in [1.54, 1.807) is 18.2 Å². The van der Waals surface area contributed by atoms with Gasteiger partial charge in [0.05, 0.1) is 4.92 Å². The topological polar surface area (TPSA) is 74.5 Å². The Labute approximate surface area is 158 Å². The van der Waals surface area contributed by atoms with Crippen molar-refractivity contribution in [3.05, 3.63) is 87.6 Å². The van der Waals surface area contributed by atoms with Gasteiger partial charge in [-0.05, 0) is 42.7 Å². The zero-order valence-electron chi connectivity index (χ0n) is 14.5. The molecule has 1 aliphatic rings. The Morgan fingerprint density at radius 3 is 2.79 bits per heavy atom. The van der Waals surface area contributed by atoms with E-state index < -0.39 is 22.7 Å². The molecular weight excluding hydrogens is 370 g/mol. The molecule has 8 heteroatoms. The average molecular weight is 384 g/mol. The van der Waals surface area contributed by atoms with Crippen molar-refractivity contribution in [1.82, 2.24) is 4.98 Å². The number of nitrogens with zero attached hydrogens (tertiary/aromatic N) is 2. The molecule has 28 heavy (non-hydrogen) atoms. The number of aryl methyl sites for hydroxylation is 1. The van der Waals surface area contributed by atoms with Gasteiger partial charge in [0.25, 0.3) is 5.69 Å². The van der Waals surface area contributed by atoms with Gasteiger partial charge in [-0.3, -0.25) is 10.1 Å². The van der Waals surface area contributed by atoms with Crippen LogP contribution in [0.1, 0.15) is 23.7 Å². The van der Waals surface area contributed by atoms with Gasteiger partial charge in [-0.25, -0.2) is 13.8 Å². The lowest BCUT2D eigenvalue weighted by molar-refractivity contribution is -0.385. The number of nitro groups is 1. The third-order valence-corrected chi connectivity index (χ3v) is 4.46. The SMILES string of the molecule is O=[N+]([O-])c1ccc(Oc2ccc3c(c2)CCC(c2cccc(F)c2F)O3)nc1. The molecule has 1 unspecified atom stereocenters. The summed E-state index contributed by atoms with van der Waals surface area (Å²) in [5.41, 5.74) is 0.940. The molecule has 1 aliphatic heterocycles. The highest BCUT2D eigenvalue weighted by Crippen LogP contribution is 2.38. The number of hydrogen-bond donors (Lipinski definition) is 0. The van der Waals surface area contributed by atoms with Gasteiger partial charge in [0.15, 0.2) is 11.6 Å². The first kappa shape index (κ1) is 17.8. The van der Waals surface area contributed by atoms with E-state index in [-0.39, 0.29) is 17.1 Å². The van der Waals surface area contributed by atoms with Crippen molar-refractivity contribution in [2.24, 2.45) is 0 Å². The van der Waals surface area contributed by atoms with Gasteiger partial charge in [-0.15, -0.1) is 0 Å².